The van der Waals surface area contributed by atoms with Crippen molar-refractivity contribution in [1.82, 2.24) is 5.32 Å². The molecule has 0 bridgehead atoms. The highest BCUT2D eigenvalue weighted by molar-refractivity contribution is 7.89. The van der Waals surface area contributed by atoms with Crippen LogP contribution in [0.15, 0.2) is 53.4 Å². The minimum atomic E-state index is -3.77. The van der Waals surface area contributed by atoms with Crippen LogP contribution in [0.5, 0.6) is 0 Å². The van der Waals surface area contributed by atoms with E-state index in [-0.39, 0.29) is 23.3 Å². The van der Waals surface area contributed by atoms with Crippen molar-refractivity contribution in [3.8, 4) is 0 Å². The second-order valence-electron chi connectivity index (χ2n) is 5.21. The number of halogens is 1. The van der Waals surface area contributed by atoms with E-state index in [0.29, 0.717) is 10.6 Å². The third-order valence-electron chi connectivity index (χ3n) is 3.34. The Morgan fingerprint density at radius 2 is 1.87 bits per heavy atom. The average molecular weight is 353 g/mol. The van der Waals surface area contributed by atoms with Gasteiger partial charge in [0, 0.05) is 5.02 Å². The smallest absolute Gasteiger partial charge is 0.238 e. The van der Waals surface area contributed by atoms with Crippen LogP contribution in [0.25, 0.3) is 0 Å². The number of carbonyl (C=O) groups excluding carboxylic acids is 1. The van der Waals surface area contributed by atoms with Crippen molar-refractivity contribution in [3.63, 3.8) is 0 Å². The summed E-state index contributed by atoms with van der Waals surface area (Å²) in [5.74, 6) is -0.166. The maximum Gasteiger partial charge on any atom is 0.238 e. The average Bonchev–Trinajstić information content (AvgIpc) is 2.49. The van der Waals surface area contributed by atoms with Gasteiger partial charge in [0.2, 0.25) is 15.9 Å². The zero-order chi connectivity index (χ0) is 17.0. The molecular weight excluding hydrogens is 336 g/mol. The van der Waals surface area contributed by atoms with Crippen LogP contribution in [-0.4, -0.2) is 14.3 Å². The van der Waals surface area contributed by atoms with E-state index < -0.39 is 10.0 Å². The van der Waals surface area contributed by atoms with E-state index in [0.717, 1.165) is 5.56 Å². The highest BCUT2D eigenvalue weighted by atomic mass is 35.5. The lowest BCUT2D eigenvalue weighted by molar-refractivity contribution is -0.121. The van der Waals surface area contributed by atoms with Crippen LogP contribution in [0.3, 0.4) is 0 Å². The first-order valence-corrected chi connectivity index (χ1v) is 8.85. The Bertz CT molecular complexity index is 804. The minimum Gasteiger partial charge on any atom is -0.349 e. The van der Waals surface area contributed by atoms with Crippen molar-refractivity contribution < 1.29 is 13.2 Å². The van der Waals surface area contributed by atoms with Gasteiger partial charge in [0.1, 0.15) is 0 Å². The lowest BCUT2D eigenvalue weighted by atomic mass is 10.1. The summed E-state index contributed by atoms with van der Waals surface area (Å²) >= 11 is 5.80. The Balaban J connectivity index is 2.05. The van der Waals surface area contributed by atoms with Gasteiger partial charge in [0.25, 0.3) is 0 Å². The first-order valence-electron chi connectivity index (χ1n) is 6.92. The van der Waals surface area contributed by atoms with Gasteiger partial charge >= 0.3 is 0 Å². The van der Waals surface area contributed by atoms with Gasteiger partial charge in [-0.25, -0.2) is 13.6 Å². The normalized spacial score (nSPS) is 12.7. The Hall–Kier alpha value is -1.89. The summed E-state index contributed by atoms with van der Waals surface area (Å²) in [5, 5.41) is 8.56. The van der Waals surface area contributed by atoms with E-state index >= 15 is 0 Å². The summed E-state index contributed by atoms with van der Waals surface area (Å²) in [7, 11) is -3.77. The first-order chi connectivity index (χ1) is 10.8. The van der Waals surface area contributed by atoms with E-state index in [1.54, 1.807) is 43.3 Å². The van der Waals surface area contributed by atoms with Gasteiger partial charge in [0.15, 0.2) is 0 Å². The standard InChI is InChI=1S/C16H17ClN2O3S/c1-11(13-3-2-4-15(10-13)23(18,21)22)19-16(20)9-12-5-7-14(17)8-6-12/h2-8,10-11H,9H2,1H3,(H,19,20)(H2,18,21,22)/t11-/m1/s1. The molecule has 0 aliphatic rings. The van der Waals surface area contributed by atoms with Crippen molar-refractivity contribution in [3.05, 3.63) is 64.7 Å². The Morgan fingerprint density at radius 1 is 1.22 bits per heavy atom. The highest BCUT2D eigenvalue weighted by Crippen LogP contribution is 2.17. The van der Waals surface area contributed by atoms with Crippen LogP contribution in [0, 0.1) is 0 Å². The molecule has 7 heteroatoms. The maximum absolute atomic E-state index is 12.1. The summed E-state index contributed by atoms with van der Waals surface area (Å²) in [6.45, 7) is 1.78. The third kappa shape index (κ3) is 5.06. The summed E-state index contributed by atoms with van der Waals surface area (Å²) in [6.07, 6.45) is 0.219. The second-order valence-corrected chi connectivity index (χ2v) is 7.21. The van der Waals surface area contributed by atoms with E-state index in [9.17, 15) is 13.2 Å². The number of primary sulfonamides is 1. The largest absolute Gasteiger partial charge is 0.349 e. The SMILES string of the molecule is C[C@@H](NC(=O)Cc1ccc(Cl)cc1)c1cccc(S(N)(=O)=O)c1. The number of amides is 1. The van der Waals surface area contributed by atoms with Gasteiger partial charge in [0.05, 0.1) is 17.4 Å². The van der Waals surface area contributed by atoms with Gasteiger partial charge in [-0.15, -0.1) is 0 Å². The van der Waals surface area contributed by atoms with Gasteiger partial charge in [-0.05, 0) is 42.3 Å². The van der Waals surface area contributed by atoms with Crippen LogP contribution in [0.1, 0.15) is 24.1 Å². The molecule has 2 aromatic rings. The molecular formula is C16H17ClN2O3S. The fourth-order valence-corrected chi connectivity index (χ4v) is 2.82. The molecule has 122 valence electrons. The van der Waals surface area contributed by atoms with Gasteiger partial charge in [-0.2, -0.15) is 0 Å². The molecule has 0 saturated heterocycles. The molecule has 5 nitrogen and oxygen atoms in total. The molecule has 0 fully saturated rings. The molecule has 3 N–H and O–H groups in total. The molecule has 0 aliphatic heterocycles. The van der Waals surface area contributed by atoms with E-state index in [1.165, 1.54) is 12.1 Å². The topological polar surface area (TPSA) is 89.3 Å². The highest BCUT2D eigenvalue weighted by Gasteiger charge is 2.13. The number of benzene rings is 2. The fraction of sp³-hybridized carbons (Fsp3) is 0.188. The molecule has 0 spiro atoms. The van der Waals surface area contributed by atoms with Crippen LogP contribution < -0.4 is 10.5 Å². The van der Waals surface area contributed by atoms with Crippen molar-refractivity contribution in [2.75, 3.05) is 0 Å². The fourth-order valence-electron chi connectivity index (χ4n) is 2.12. The monoisotopic (exact) mass is 352 g/mol. The van der Waals surface area contributed by atoms with E-state index in [2.05, 4.69) is 5.32 Å². The summed E-state index contributed by atoms with van der Waals surface area (Å²) < 4.78 is 22.8. The molecule has 1 atom stereocenters. The zero-order valence-electron chi connectivity index (χ0n) is 12.5. The molecule has 1 amide bonds. The van der Waals surface area contributed by atoms with Crippen molar-refractivity contribution in [2.45, 2.75) is 24.3 Å². The molecule has 0 radical (unpaired) electrons. The number of sulfonamides is 1. The molecule has 0 aliphatic carbocycles. The number of carbonyl (C=O) groups is 1. The Labute approximate surface area is 140 Å². The van der Waals surface area contributed by atoms with Gasteiger partial charge < -0.3 is 5.32 Å². The second kappa shape index (κ2) is 7.12. The number of nitrogens with two attached hydrogens (primary N) is 1. The molecule has 0 aromatic heterocycles. The Kier molecular flexibility index (Phi) is 5.41. The predicted molar refractivity (Wildman–Crippen MR) is 89.5 cm³/mol. The summed E-state index contributed by atoms with van der Waals surface area (Å²) in [4.78, 5) is 12.1. The quantitative estimate of drug-likeness (QED) is 0.865. The number of rotatable bonds is 5. The minimum absolute atomic E-state index is 0.0220. The van der Waals surface area contributed by atoms with Crippen molar-refractivity contribution >= 4 is 27.5 Å². The number of nitrogens with one attached hydrogen (secondary N) is 1. The van der Waals surface area contributed by atoms with Crippen molar-refractivity contribution in [2.24, 2.45) is 5.14 Å². The van der Waals surface area contributed by atoms with E-state index in [4.69, 9.17) is 16.7 Å². The third-order valence-corrected chi connectivity index (χ3v) is 4.51. The molecule has 0 unspecified atom stereocenters. The number of hydrogen-bond acceptors (Lipinski definition) is 3. The Morgan fingerprint density at radius 3 is 2.48 bits per heavy atom. The molecule has 23 heavy (non-hydrogen) atoms. The van der Waals surface area contributed by atoms with Crippen LogP contribution in [-0.2, 0) is 21.2 Å². The molecule has 2 aromatic carbocycles. The molecule has 2 rings (SSSR count). The van der Waals surface area contributed by atoms with Gasteiger partial charge in [-0.3, -0.25) is 4.79 Å². The molecule has 0 saturated carbocycles. The summed E-state index contributed by atoms with van der Waals surface area (Å²) in [6, 6.07) is 12.9. The van der Waals surface area contributed by atoms with Crippen LogP contribution in [0.2, 0.25) is 5.02 Å². The molecule has 0 heterocycles. The van der Waals surface area contributed by atoms with Crippen molar-refractivity contribution in [1.29, 1.82) is 0 Å². The van der Waals surface area contributed by atoms with Crippen LogP contribution in [0.4, 0.5) is 0 Å². The first kappa shape index (κ1) is 17.5. The predicted octanol–water partition coefficient (Wildman–Crippen LogP) is 2.41. The maximum atomic E-state index is 12.1. The lowest BCUT2D eigenvalue weighted by Crippen LogP contribution is -2.28. The van der Waals surface area contributed by atoms with E-state index in [1.807, 2.05) is 0 Å². The van der Waals surface area contributed by atoms with Crippen LogP contribution >= 0.6 is 11.6 Å². The zero-order valence-corrected chi connectivity index (χ0v) is 14.1. The number of hydrogen-bond donors (Lipinski definition) is 2. The lowest BCUT2D eigenvalue weighted by Gasteiger charge is -2.15. The van der Waals surface area contributed by atoms with Gasteiger partial charge in [-0.1, -0.05) is 35.9 Å². The summed E-state index contributed by atoms with van der Waals surface area (Å²) in [5.41, 5.74) is 1.51.